The van der Waals surface area contributed by atoms with Crippen molar-refractivity contribution in [3.05, 3.63) is 0 Å². The maximum absolute atomic E-state index is 13.3. The van der Waals surface area contributed by atoms with E-state index in [4.69, 9.17) is 5.11 Å². The van der Waals surface area contributed by atoms with Gasteiger partial charge in [0.05, 0.1) is 6.61 Å². The van der Waals surface area contributed by atoms with Crippen LogP contribution in [0.25, 0.3) is 0 Å². The number of alkyl halides is 8. The SMILES string of the molecule is CCCCOC(F)(F)C(F)(F)C(F)(F)C(F)(F)OC(O)CCC. The van der Waals surface area contributed by atoms with Crippen molar-refractivity contribution in [3.8, 4) is 0 Å². The fourth-order valence-corrected chi connectivity index (χ4v) is 1.35. The summed E-state index contributed by atoms with van der Waals surface area (Å²) in [7, 11) is 0. The van der Waals surface area contributed by atoms with Gasteiger partial charge in [-0.2, -0.15) is 35.1 Å². The number of hydrogen-bond acceptors (Lipinski definition) is 3. The van der Waals surface area contributed by atoms with Gasteiger partial charge in [-0.05, 0) is 12.8 Å². The summed E-state index contributed by atoms with van der Waals surface area (Å²) in [5.74, 6) is -13.2. The number of hydrogen-bond donors (Lipinski definition) is 1. The topological polar surface area (TPSA) is 38.7 Å². The van der Waals surface area contributed by atoms with Crippen LogP contribution in [0.5, 0.6) is 0 Å². The second-order valence-electron chi connectivity index (χ2n) is 4.75. The van der Waals surface area contributed by atoms with E-state index in [-0.39, 0.29) is 19.3 Å². The average molecular weight is 362 g/mol. The van der Waals surface area contributed by atoms with Crippen LogP contribution in [0.4, 0.5) is 35.1 Å². The van der Waals surface area contributed by atoms with E-state index in [1.807, 2.05) is 0 Å². The number of ether oxygens (including phenoxy) is 2. The van der Waals surface area contributed by atoms with Gasteiger partial charge in [-0.15, -0.1) is 0 Å². The van der Waals surface area contributed by atoms with Gasteiger partial charge in [0.2, 0.25) is 0 Å². The first-order chi connectivity index (χ1) is 10.3. The minimum absolute atomic E-state index is 0.00446. The Morgan fingerprint density at radius 1 is 0.826 bits per heavy atom. The molecule has 0 aliphatic rings. The molecule has 0 spiro atoms. The first-order valence-corrected chi connectivity index (χ1v) is 6.78. The van der Waals surface area contributed by atoms with Gasteiger partial charge < -0.3 is 9.84 Å². The molecule has 1 unspecified atom stereocenters. The van der Waals surface area contributed by atoms with Crippen molar-refractivity contribution in [2.75, 3.05) is 6.61 Å². The summed E-state index contributed by atoms with van der Waals surface area (Å²) >= 11 is 0. The molecule has 0 saturated heterocycles. The zero-order valence-electron chi connectivity index (χ0n) is 12.4. The highest BCUT2D eigenvalue weighted by molar-refractivity contribution is 4.97. The van der Waals surface area contributed by atoms with E-state index in [9.17, 15) is 35.1 Å². The molecule has 0 aliphatic carbocycles. The highest BCUT2D eigenvalue weighted by atomic mass is 19.4. The molecule has 140 valence electrons. The zero-order valence-corrected chi connectivity index (χ0v) is 12.4. The summed E-state index contributed by atoms with van der Waals surface area (Å²) in [6.45, 7) is 1.80. The summed E-state index contributed by atoms with van der Waals surface area (Å²) in [6, 6.07) is 0. The summed E-state index contributed by atoms with van der Waals surface area (Å²) in [4.78, 5) is 0. The van der Waals surface area contributed by atoms with Crippen molar-refractivity contribution >= 4 is 0 Å². The molecule has 0 fully saturated rings. The van der Waals surface area contributed by atoms with E-state index < -0.39 is 43.4 Å². The predicted octanol–water partition coefficient (Wildman–Crippen LogP) is 4.39. The molecule has 0 aromatic rings. The van der Waals surface area contributed by atoms with Crippen molar-refractivity contribution in [2.24, 2.45) is 0 Å². The van der Waals surface area contributed by atoms with E-state index in [1.165, 1.54) is 13.8 Å². The van der Waals surface area contributed by atoms with Crippen molar-refractivity contribution < 1.29 is 49.7 Å². The molecule has 11 heteroatoms. The zero-order chi connectivity index (χ0) is 18.5. The summed E-state index contributed by atoms with van der Waals surface area (Å²) in [5, 5.41) is 8.89. The Morgan fingerprint density at radius 3 is 1.74 bits per heavy atom. The van der Waals surface area contributed by atoms with E-state index in [0.29, 0.717) is 0 Å². The Hall–Kier alpha value is -0.680. The molecule has 0 heterocycles. The van der Waals surface area contributed by atoms with Crippen LogP contribution in [-0.4, -0.2) is 42.1 Å². The van der Waals surface area contributed by atoms with Crippen LogP contribution in [-0.2, 0) is 9.47 Å². The second-order valence-corrected chi connectivity index (χ2v) is 4.75. The van der Waals surface area contributed by atoms with E-state index in [0.717, 1.165) is 0 Å². The maximum atomic E-state index is 13.3. The van der Waals surface area contributed by atoms with Gasteiger partial charge in [-0.25, -0.2) is 0 Å². The first kappa shape index (κ1) is 22.3. The largest absolute Gasteiger partial charge is 0.428 e. The Bertz CT molecular complexity index is 362. The quantitative estimate of drug-likeness (QED) is 0.337. The van der Waals surface area contributed by atoms with Crippen LogP contribution in [0.3, 0.4) is 0 Å². The molecule has 0 radical (unpaired) electrons. The number of halogens is 8. The third-order valence-electron chi connectivity index (χ3n) is 2.73. The van der Waals surface area contributed by atoms with Crippen molar-refractivity contribution in [1.82, 2.24) is 0 Å². The molecule has 0 saturated carbocycles. The summed E-state index contributed by atoms with van der Waals surface area (Å²) in [5.41, 5.74) is 0. The minimum atomic E-state index is -6.62. The molecule has 23 heavy (non-hydrogen) atoms. The van der Waals surface area contributed by atoms with E-state index in [1.54, 1.807) is 0 Å². The monoisotopic (exact) mass is 362 g/mol. The molecule has 1 atom stereocenters. The second kappa shape index (κ2) is 7.93. The van der Waals surface area contributed by atoms with Gasteiger partial charge in [0.15, 0.2) is 6.29 Å². The standard InChI is InChI=1S/C12H18F8O3/c1-3-5-7-22-11(17,18)9(13,14)10(15,16)12(19,20)23-8(21)6-4-2/h8,21H,3-7H2,1-2H3. The Morgan fingerprint density at radius 2 is 1.30 bits per heavy atom. The molecule has 1 N–H and O–H groups in total. The summed E-state index contributed by atoms with van der Waals surface area (Å²) < 4.78 is 112. The van der Waals surface area contributed by atoms with Crippen LogP contribution >= 0.6 is 0 Å². The lowest BCUT2D eigenvalue weighted by atomic mass is 10.1. The highest BCUT2D eigenvalue weighted by Gasteiger charge is 2.83. The number of aliphatic hydroxyl groups excluding tert-OH is 1. The third kappa shape index (κ3) is 4.90. The van der Waals surface area contributed by atoms with Crippen LogP contribution < -0.4 is 0 Å². The molecule has 0 aliphatic heterocycles. The van der Waals surface area contributed by atoms with Crippen molar-refractivity contribution in [1.29, 1.82) is 0 Å². The van der Waals surface area contributed by atoms with Gasteiger partial charge in [-0.3, -0.25) is 4.74 Å². The van der Waals surface area contributed by atoms with Gasteiger partial charge in [0.25, 0.3) is 0 Å². The van der Waals surface area contributed by atoms with E-state index >= 15 is 0 Å². The molecule has 0 bridgehead atoms. The molecule has 0 amide bonds. The van der Waals surface area contributed by atoms with Crippen LogP contribution in [0, 0.1) is 0 Å². The van der Waals surface area contributed by atoms with Crippen LogP contribution in [0.2, 0.25) is 0 Å². The molecule has 0 aromatic heterocycles. The lowest BCUT2D eigenvalue weighted by Crippen LogP contribution is -2.64. The van der Waals surface area contributed by atoms with Crippen molar-refractivity contribution in [2.45, 2.75) is 69.9 Å². The van der Waals surface area contributed by atoms with Gasteiger partial charge >= 0.3 is 24.1 Å². The Kier molecular flexibility index (Phi) is 7.69. The lowest BCUT2D eigenvalue weighted by molar-refractivity contribution is -0.474. The molecule has 3 nitrogen and oxygen atoms in total. The third-order valence-corrected chi connectivity index (χ3v) is 2.73. The Balaban J connectivity index is 5.32. The van der Waals surface area contributed by atoms with Crippen LogP contribution in [0.15, 0.2) is 0 Å². The van der Waals surface area contributed by atoms with Crippen molar-refractivity contribution in [3.63, 3.8) is 0 Å². The fraction of sp³-hybridized carbons (Fsp3) is 1.00. The predicted molar refractivity (Wildman–Crippen MR) is 62.6 cm³/mol. The number of aliphatic hydroxyl groups is 1. The average Bonchev–Trinajstić information content (AvgIpc) is 2.37. The fourth-order valence-electron chi connectivity index (χ4n) is 1.35. The smallest absolute Gasteiger partial charge is 0.368 e. The van der Waals surface area contributed by atoms with Gasteiger partial charge in [0.1, 0.15) is 0 Å². The van der Waals surface area contributed by atoms with E-state index in [2.05, 4.69) is 9.47 Å². The van der Waals surface area contributed by atoms with Gasteiger partial charge in [-0.1, -0.05) is 26.7 Å². The molecular weight excluding hydrogens is 344 g/mol. The number of rotatable bonds is 11. The molecule has 0 aromatic carbocycles. The lowest BCUT2D eigenvalue weighted by Gasteiger charge is -2.36. The maximum Gasteiger partial charge on any atom is 0.428 e. The highest BCUT2D eigenvalue weighted by Crippen LogP contribution is 2.53. The first-order valence-electron chi connectivity index (χ1n) is 6.78. The molecular formula is C12H18F8O3. The number of unbranched alkanes of at least 4 members (excludes halogenated alkanes) is 1. The molecule has 0 rings (SSSR count). The Labute approximate surface area is 127 Å². The minimum Gasteiger partial charge on any atom is -0.368 e. The van der Waals surface area contributed by atoms with Crippen LogP contribution in [0.1, 0.15) is 39.5 Å². The van der Waals surface area contributed by atoms with Gasteiger partial charge in [0, 0.05) is 0 Å². The normalized spacial score (nSPS) is 15.8. The summed E-state index contributed by atoms with van der Waals surface area (Å²) in [6.07, 6.45) is -14.9.